The lowest BCUT2D eigenvalue weighted by Gasteiger charge is -2.12. The smallest absolute Gasteiger partial charge is 0.122 e. The van der Waals surface area contributed by atoms with Crippen LogP contribution in [-0.4, -0.2) is 13.2 Å². The topological polar surface area (TPSA) is 44.5 Å². The van der Waals surface area contributed by atoms with Crippen LogP contribution in [0, 0.1) is 20.8 Å². The zero-order valence-corrected chi connectivity index (χ0v) is 13.3. The van der Waals surface area contributed by atoms with Gasteiger partial charge >= 0.3 is 0 Å². The lowest BCUT2D eigenvalue weighted by atomic mass is 10.1. The van der Waals surface area contributed by atoms with Gasteiger partial charge < -0.3 is 15.2 Å². The molecular weight excluding hydrogens is 286 g/mol. The Morgan fingerprint density at radius 3 is 2.29 bits per heavy atom. The van der Waals surface area contributed by atoms with Crippen LogP contribution in [0.15, 0.2) is 30.3 Å². The first kappa shape index (κ1) is 15.5. The third-order valence-corrected chi connectivity index (χ3v) is 3.71. The molecule has 0 spiro atoms. The fourth-order valence-corrected chi connectivity index (χ4v) is 2.13. The van der Waals surface area contributed by atoms with Gasteiger partial charge in [0, 0.05) is 6.07 Å². The molecule has 2 N–H and O–H groups in total. The van der Waals surface area contributed by atoms with E-state index in [1.807, 2.05) is 6.92 Å². The summed E-state index contributed by atoms with van der Waals surface area (Å²) in [5.74, 6) is 1.59. The summed E-state index contributed by atoms with van der Waals surface area (Å²) >= 11 is 5.86. The Hall–Kier alpha value is -1.87. The van der Waals surface area contributed by atoms with Gasteiger partial charge in [0.1, 0.15) is 24.7 Å². The van der Waals surface area contributed by atoms with E-state index in [0.29, 0.717) is 29.7 Å². The second kappa shape index (κ2) is 6.72. The lowest BCUT2D eigenvalue weighted by Crippen LogP contribution is -2.10. The molecule has 21 heavy (non-hydrogen) atoms. The summed E-state index contributed by atoms with van der Waals surface area (Å²) in [6, 6.07) is 9.42. The van der Waals surface area contributed by atoms with Crippen molar-refractivity contribution in [2.45, 2.75) is 20.8 Å². The summed E-state index contributed by atoms with van der Waals surface area (Å²) in [5.41, 5.74) is 9.87. The van der Waals surface area contributed by atoms with E-state index in [0.717, 1.165) is 11.3 Å². The maximum Gasteiger partial charge on any atom is 0.122 e. The van der Waals surface area contributed by atoms with Crippen LogP contribution in [0.5, 0.6) is 11.5 Å². The first-order valence-corrected chi connectivity index (χ1v) is 7.23. The van der Waals surface area contributed by atoms with Crippen molar-refractivity contribution in [3.8, 4) is 11.5 Å². The van der Waals surface area contributed by atoms with Crippen LogP contribution in [0.2, 0.25) is 5.02 Å². The molecule has 112 valence electrons. The summed E-state index contributed by atoms with van der Waals surface area (Å²) < 4.78 is 11.4. The lowest BCUT2D eigenvalue weighted by molar-refractivity contribution is 0.216. The second-order valence-corrected chi connectivity index (χ2v) is 5.49. The highest BCUT2D eigenvalue weighted by atomic mass is 35.5. The predicted molar refractivity (Wildman–Crippen MR) is 87.5 cm³/mol. The number of nitrogens with two attached hydrogens (primary N) is 1. The van der Waals surface area contributed by atoms with Crippen LogP contribution in [0.3, 0.4) is 0 Å². The number of rotatable bonds is 5. The Balaban J connectivity index is 1.87. The summed E-state index contributed by atoms with van der Waals surface area (Å²) in [6.45, 7) is 7.15. The van der Waals surface area contributed by atoms with Gasteiger partial charge in [-0.1, -0.05) is 17.7 Å². The first-order valence-electron chi connectivity index (χ1n) is 6.86. The van der Waals surface area contributed by atoms with Crippen LogP contribution in [-0.2, 0) is 0 Å². The Labute approximate surface area is 130 Å². The number of anilines is 1. The average Bonchev–Trinajstić information content (AvgIpc) is 2.44. The number of nitrogen functional groups attached to an aromatic ring is 1. The number of halogens is 1. The van der Waals surface area contributed by atoms with E-state index in [9.17, 15) is 0 Å². The third kappa shape index (κ3) is 4.05. The SMILES string of the molecule is Cc1cc(C)c(OCCOc2ccc(Cl)c(N)c2)cc1C. The normalized spacial score (nSPS) is 10.5. The Morgan fingerprint density at radius 1 is 0.905 bits per heavy atom. The minimum atomic E-state index is 0.452. The molecule has 0 aromatic heterocycles. The highest BCUT2D eigenvalue weighted by Gasteiger charge is 2.04. The van der Waals surface area contributed by atoms with Crippen molar-refractivity contribution in [2.75, 3.05) is 18.9 Å². The molecule has 0 radical (unpaired) electrons. The maximum atomic E-state index is 5.86. The molecular formula is C17H20ClNO2. The van der Waals surface area contributed by atoms with Gasteiger partial charge in [0.05, 0.1) is 10.7 Å². The second-order valence-electron chi connectivity index (χ2n) is 5.08. The molecule has 3 nitrogen and oxygen atoms in total. The van der Waals surface area contributed by atoms with Crippen molar-refractivity contribution in [1.29, 1.82) is 0 Å². The molecule has 2 rings (SSSR count). The highest BCUT2D eigenvalue weighted by Crippen LogP contribution is 2.24. The molecule has 0 saturated carbocycles. The molecule has 2 aromatic rings. The Morgan fingerprint density at radius 2 is 1.57 bits per heavy atom. The molecule has 2 aromatic carbocycles. The van der Waals surface area contributed by atoms with E-state index in [2.05, 4.69) is 26.0 Å². The van der Waals surface area contributed by atoms with E-state index < -0.39 is 0 Å². The van der Waals surface area contributed by atoms with Crippen molar-refractivity contribution < 1.29 is 9.47 Å². The fourth-order valence-electron chi connectivity index (χ4n) is 2.01. The summed E-state index contributed by atoms with van der Waals surface area (Å²) in [4.78, 5) is 0. The van der Waals surface area contributed by atoms with Gasteiger partial charge in [0.25, 0.3) is 0 Å². The van der Waals surface area contributed by atoms with Gasteiger partial charge in [-0.3, -0.25) is 0 Å². The van der Waals surface area contributed by atoms with Gasteiger partial charge in [-0.05, 0) is 55.7 Å². The molecule has 0 aliphatic carbocycles. The minimum Gasteiger partial charge on any atom is -0.490 e. The molecule has 0 aliphatic rings. The van der Waals surface area contributed by atoms with Crippen LogP contribution in [0.25, 0.3) is 0 Å². The number of hydrogen-bond donors (Lipinski definition) is 1. The van der Waals surface area contributed by atoms with Crippen molar-refractivity contribution in [2.24, 2.45) is 0 Å². The van der Waals surface area contributed by atoms with Crippen molar-refractivity contribution >= 4 is 17.3 Å². The molecule has 0 fully saturated rings. The number of benzene rings is 2. The standard InChI is InChI=1S/C17H20ClNO2/c1-11-8-13(3)17(9-12(11)2)21-7-6-20-14-4-5-15(18)16(19)10-14/h4-5,8-10H,6-7,19H2,1-3H3. The Bertz CT molecular complexity index is 641. The van der Waals surface area contributed by atoms with Gasteiger partial charge in [0.2, 0.25) is 0 Å². The summed E-state index contributed by atoms with van der Waals surface area (Å²) in [6.07, 6.45) is 0. The van der Waals surface area contributed by atoms with Gasteiger partial charge in [-0.2, -0.15) is 0 Å². The quantitative estimate of drug-likeness (QED) is 0.661. The van der Waals surface area contributed by atoms with Crippen LogP contribution in [0.4, 0.5) is 5.69 Å². The van der Waals surface area contributed by atoms with E-state index >= 15 is 0 Å². The van der Waals surface area contributed by atoms with Crippen LogP contribution < -0.4 is 15.2 Å². The molecule has 4 heteroatoms. The molecule has 0 saturated heterocycles. The average molecular weight is 306 g/mol. The Kier molecular flexibility index (Phi) is 4.97. The van der Waals surface area contributed by atoms with Crippen molar-refractivity contribution in [3.05, 3.63) is 52.0 Å². The van der Waals surface area contributed by atoms with Crippen LogP contribution >= 0.6 is 11.6 Å². The van der Waals surface area contributed by atoms with E-state index in [4.69, 9.17) is 26.8 Å². The molecule has 0 heterocycles. The zero-order chi connectivity index (χ0) is 15.4. The monoisotopic (exact) mass is 305 g/mol. The molecule has 0 unspecified atom stereocenters. The molecule has 0 amide bonds. The van der Waals surface area contributed by atoms with Gasteiger partial charge in [-0.15, -0.1) is 0 Å². The number of ether oxygens (including phenoxy) is 2. The zero-order valence-electron chi connectivity index (χ0n) is 12.6. The van der Waals surface area contributed by atoms with Crippen molar-refractivity contribution in [1.82, 2.24) is 0 Å². The number of hydrogen-bond acceptors (Lipinski definition) is 3. The third-order valence-electron chi connectivity index (χ3n) is 3.37. The van der Waals surface area contributed by atoms with Crippen LogP contribution in [0.1, 0.15) is 16.7 Å². The minimum absolute atomic E-state index is 0.452. The van der Waals surface area contributed by atoms with Gasteiger partial charge in [-0.25, -0.2) is 0 Å². The predicted octanol–water partition coefficient (Wildman–Crippen LogP) is 4.31. The molecule has 0 atom stereocenters. The maximum absolute atomic E-state index is 5.86. The van der Waals surface area contributed by atoms with E-state index in [1.54, 1.807) is 18.2 Å². The van der Waals surface area contributed by atoms with E-state index in [1.165, 1.54) is 11.1 Å². The van der Waals surface area contributed by atoms with Gasteiger partial charge in [0.15, 0.2) is 0 Å². The van der Waals surface area contributed by atoms with E-state index in [-0.39, 0.29) is 0 Å². The highest BCUT2D eigenvalue weighted by molar-refractivity contribution is 6.33. The van der Waals surface area contributed by atoms with Crippen molar-refractivity contribution in [3.63, 3.8) is 0 Å². The summed E-state index contributed by atoms with van der Waals surface area (Å²) in [7, 11) is 0. The molecule has 0 aliphatic heterocycles. The fraction of sp³-hybridized carbons (Fsp3) is 0.294. The summed E-state index contributed by atoms with van der Waals surface area (Å²) in [5, 5.41) is 0.532. The largest absolute Gasteiger partial charge is 0.490 e. The molecule has 0 bridgehead atoms. The number of aryl methyl sites for hydroxylation is 3. The first-order chi connectivity index (χ1) is 9.97.